The maximum Gasteiger partial charge on any atom is 0.248 e. The highest BCUT2D eigenvalue weighted by Crippen LogP contribution is 2.35. The number of tetrazole rings is 1. The molecule has 0 radical (unpaired) electrons. The van der Waals surface area contributed by atoms with Gasteiger partial charge >= 0.3 is 0 Å². The van der Waals surface area contributed by atoms with Gasteiger partial charge in [-0.1, -0.05) is 46.5 Å². The van der Waals surface area contributed by atoms with E-state index in [2.05, 4.69) is 20.8 Å². The Morgan fingerprint density at radius 1 is 1.28 bits per heavy atom. The maximum absolute atomic E-state index is 12.1. The summed E-state index contributed by atoms with van der Waals surface area (Å²) in [4.78, 5) is 12.1. The zero-order valence-corrected chi connectivity index (χ0v) is 16.8. The molecule has 29 heavy (non-hydrogen) atoms. The Kier molecular flexibility index (Phi) is 5.12. The van der Waals surface area contributed by atoms with E-state index in [9.17, 15) is 4.79 Å². The number of primary amides is 1. The maximum atomic E-state index is 12.1. The number of hydrogen-bond acceptors (Lipinski definition) is 6. The van der Waals surface area contributed by atoms with Gasteiger partial charge in [0.25, 0.3) is 0 Å². The zero-order valence-electron chi connectivity index (χ0n) is 15.3. The van der Waals surface area contributed by atoms with Crippen molar-refractivity contribution in [1.82, 2.24) is 20.2 Å². The smallest absolute Gasteiger partial charge is 0.248 e. The van der Waals surface area contributed by atoms with Crippen molar-refractivity contribution < 1.29 is 9.53 Å². The van der Waals surface area contributed by atoms with Crippen molar-refractivity contribution >= 4 is 35.1 Å². The number of nitrogens with two attached hydrogens (primary N) is 1. The molecule has 0 fully saturated rings. The molecule has 1 aliphatic rings. The molecule has 3 N–H and O–H groups in total. The average Bonchev–Trinajstić information content (AvgIpc) is 3.14. The first-order chi connectivity index (χ1) is 13.9. The molecule has 1 aliphatic heterocycles. The van der Waals surface area contributed by atoms with Crippen LogP contribution >= 0.6 is 23.2 Å². The van der Waals surface area contributed by atoms with E-state index in [4.69, 9.17) is 33.7 Å². The number of ether oxygens (including phenoxy) is 1. The van der Waals surface area contributed by atoms with Gasteiger partial charge in [0.1, 0.15) is 18.4 Å². The quantitative estimate of drug-likeness (QED) is 0.642. The number of allylic oxidation sites excluding steroid dienone is 1. The minimum atomic E-state index is -0.568. The highest BCUT2D eigenvalue weighted by Gasteiger charge is 2.33. The number of carbonyl (C=O) groups is 1. The monoisotopic (exact) mass is 430 g/mol. The highest BCUT2D eigenvalue weighted by molar-refractivity contribution is 6.35. The number of nitrogens with zero attached hydrogens (tertiary/aromatic N) is 4. The van der Waals surface area contributed by atoms with E-state index in [0.717, 1.165) is 11.1 Å². The minimum absolute atomic E-state index is 0.263. The summed E-state index contributed by atoms with van der Waals surface area (Å²) in [6, 6.07) is 12.0. The number of benzene rings is 2. The molecule has 3 aromatic rings. The molecule has 1 amide bonds. The third-order valence-corrected chi connectivity index (χ3v) is 5.15. The van der Waals surface area contributed by atoms with Gasteiger partial charge in [0.2, 0.25) is 11.9 Å². The molecular weight excluding hydrogens is 415 g/mol. The van der Waals surface area contributed by atoms with Gasteiger partial charge in [-0.3, -0.25) is 4.79 Å². The van der Waals surface area contributed by atoms with E-state index in [0.29, 0.717) is 33.0 Å². The summed E-state index contributed by atoms with van der Waals surface area (Å²) in [5.41, 5.74) is 8.18. The number of carbonyl (C=O) groups excluding carboxylic acids is 1. The summed E-state index contributed by atoms with van der Waals surface area (Å²) in [6.07, 6.45) is 0. The van der Waals surface area contributed by atoms with Crippen LogP contribution in [0.4, 0.5) is 5.95 Å². The molecule has 0 aliphatic carbocycles. The van der Waals surface area contributed by atoms with E-state index in [-0.39, 0.29) is 6.61 Å². The Bertz CT molecular complexity index is 1130. The van der Waals surface area contributed by atoms with E-state index in [1.807, 2.05) is 30.3 Å². The van der Waals surface area contributed by atoms with Crippen LogP contribution in [0.3, 0.4) is 0 Å². The molecule has 148 valence electrons. The van der Waals surface area contributed by atoms with Crippen molar-refractivity contribution in [2.75, 3.05) is 5.32 Å². The summed E-state index contributed by atoms with van der Waals surface area (Å²) >= 11 is 12.1. The molecule has 0 saturated carbocycles. The third kappa shape index (κ3) is 3.76. The number of fused-ring (bicyclic) bond motifs is 1. The molecule has 10 heteroatoms. The summed E-state index contributed by atoms with van der Waals surface area (Å²) in [5, 5.41) is 15.7. The molecule has 0 bridgehead atoms. The first kappa shape index (κ1) is 19.2. The lowest BCUT2D eigenvalue weighted by Gasteiger charge is -2.27. The molecule has 2 heterocycles. The van der Waals surface area contributed by atoms with Crippen LogP contribution in [-0.2, 0) is 11.4 Å². The van der Waals surface area contributed by atoms with Crippen LogP contribution in [-0.4, -0.2) is 26.1 Å². The van der Waals surface area contributed by atoms with Crippen molar-refractivity contribution in [3.8, 4) is 5.75 Å². The minimum Gasteiger partial charge on any atom is -0.489 e. The van der Waals surface area contributed by atoms with Gasteiger partial charge in [-0.05, 0) is 47.2 Å². The lowest BCUT2D eigenvalue weighted by molar-refractivity contribution is -0.115. The van der Waals surface area contributed by atoms with Crippen LogP contribution in [0.25, 0.3) is 0 Å². The van der Waals surface area contributed by atoms with Crippen LogP contribution in [0.15, 0.2) is 53.7 Å². The largest absolute Gasteiger partial charge is 0.489 e. The second-order valence-electron chi connectivity index (χ2n) is 6.47. The van der Waals surface area contributed by atoms with Gasteiger partial charge in [0.05, 0.1) is 5.57 Å². The number of hydrogen-bond donors (Lipinski definition) is 2. The Morgan fingerprint density at radius 3 is 2.86 bits per heavy atom. The lowest BCUT2D eigenvalue weighted by atomic mass is 9.95. The average molecular weight is 431 g/mol. The van der Waals surface area contributed by atoms with Gasteiger partial charge < -0.3 is 15.8 Å². The van der Waals surface area contributed by atoms with E-state index < -0.39 is 11.9 Å². The fourth-order valence-electron chi connectivity index (χ4n) is 3.21. The fraction of sp³-hybridized carbons (Fsp3) is 0.158. The fourth-order valence-corrected chi connectivity index (χ4v) is 3.68. The van der Waals surface area contributed by atoms with Gasteiger partial charge in [0, 0.05) is 21.3 Å². The van der Waals surface area contributed by atoms with Gasteiger partial charge in [-0.15, -0.1) is 0 Å². The normalized spacial score (nSPS) is 15.6. The summed E-state index contributed by atoms with van der Waals surface area (Å²) in [7, 11) is 0. The second-order valence-corrected chi connectivity index (χ2v) is 7.32. The van der Waals surface area contributed by atoms with Crippen LogP contribution in [0.5, 0.6) is 5.75 Å². The number of amides is 1. The summed E-state index contributed by atoms with van der Waals surface area (Å²) in [5.74, 6) is 0.473. The van der Waals surface area contributed by atoms with Crippen LogP contribution in [0.2, 0.25) is 10.0 Å². The molecular formula is C19H16Cl2N6O2. The Labute approximate surface area is 176 Å². The van der Waals surface area contributed by atoms with E-state index in [1.165, 1.54) is 4.68 Å². The molecule has 4 rings (SSSR count). The predicted octanol–water partition coefficient (Wildman–Crippen LogP) is 3.33. The van der Waals surface area contributed by atoms with Crippen molar-refractivity contribution in [1.29, 1.82) is 0 Å². The number of anilines is 1. The number of nitrogens with one attached hydrogen (secondary N) is 1. The third-order valence-electron chi connectivity index (χ3n) is 4.56. The second kappa shape index (κ2) is 7.73. The SMILES string of the molecule is CC1=C(C(N)=O)C(c2cccc(OCc3ccc(Cl)cc3Cl)c2)n2nnnc2N1. The van der Waals surface area contributed by atoms with Crippen LogP contribution < -0.4 is 15.8 Å². The number of aromatic nitrogens is 4. The molecule has 1 atom stereocenters. The van der Waals surface area contributed by atoms with Crippen LogP contribution in [0.1, 0.15) is 24.1 Å². The van der Waals surface area contributed by atoms with Crippen LogP contribution in [0, 0.1) is 0 Å². The Morgan fingerprint density at radius 2 is 2.10 bits per heavy atom. The Hall–Kier alpha value is -3.10. The van der Waals surface area contributed by atoms with Crippen molar-refractivity contribution in [2.45, 2.75) is 19.6 Å². The standard InChI is InChI=1S/C19H16Cl2N6O2/c1-10-16(18(22)28)17(27-19(23-10)24-25-26-27)11-3-2-4-14(7-11)29-9-12-5-6-13(20)8-15(12)21/h2-8,17H,9H2,1H3,(H2,22,28)(H,23,24,26). The molecule has 2 aromatic carbocycles. The zero-order chi connectivity index (χ0) is 20.5. The van der Waals surface area contributed by atoms with Gasteiger partial charge in [-0.2, -0.15) is 4.68 Å². The molecule has 8 nitrogen and oxygen atoms in total. The van der Waals surface area contributed by atoms with E-state index >= 15 is 0 Å². The number of rotatable bonds is 5. The first-order valence-corrected chi connectivity index (χ1v) is 9.42. The summed E-state index contributed by atoms with van der Waals surface area (Å²) < 4.78 is 7.42. The van der Waals surface area contributed by atoms with Gasteiger partial charge in [0.15, 0.2) is 0 Å². The van der Waals surface area contributed by atoms with Crippen molar-refractivity contribution in [2.24, 2.45) is 5.73 Å². The molecule has 0 saturated heterocycles. The van der Waals surface area contributed by atoms with Crippen molar-refractivity contribution in [3.05, 3.63) is 74.9 Å². The van der Waals surface area contributed by atoms with Gasteiger partial charge in [-0.25, -0.2) is 0 Å². The molecule has 1 aromatic heterocycles. The number of halogens is 2. The highest BCUT2D eigenvalue weighted by atomic mass is 35.5. The van der Waals surface area contributed by atoms with Crippen molar-refractivity contribution in [3.63, 3.8) is 0 Å². The lowest BCUT2D eigenvalue weighted by Crippen LogP contribution is -2.31. The Balaban J connectivity index is 1.65. The molecule has 1 unspecified atom stereocenters. The topological polar surface area (TPSA) is 108 Å². The molecule has 0 spiro atoms. The predicted molar refractivity (Wildman–Crippen MR) is 109 cm³/mol. The first-order valence-electron chi connectivity index (χ1n) is 8.66. The van der Waals surface area contributed by atoms with E-state index in [1.54, 1.807) is 19.1 Å². The summed E-state index contributed by atoms with van der Waals surface area (Å²) in [6.45, 7) is 2.02.